The molecule has 1 aromatic carbocycles. The van der Waals surface area contributed by atoms with Gasteiger partial charge in [0.05, 0.1) is 40.8 Å². The number of carbonyl (C=O) groups excluding carboxylic acids is 3. The van der Waals surface area contributed by atoms with Crippen molar-refractivity contribution >= 4 is 35.0 Å². The topological polar surface area (TPSA) is 90.4 Å². The van der Waals surface area contributed by atoms with Gasteiger partial charge < -0.3 is 24.5 Å². The average Bonchev–Trinajstić information content (AvgIpc) is 3.20. The van der Waals surface area contributed by atoms with Gasteiger partial charge in [-0.25, -0.2) is 0 Å². The number of aryl methyl sites for hydroxylation is 1. The number of hydrogen-bond acceptors (Lipinski definition) is 5. The Labute approximate surface area is 228 Å². The summed E-state index contributed by atoms with van der Waals surface area (Å²) in [5.41, 5.74) is -0.978. The molecule has 0 aliphatic carbocycles. The highest BCUT2D eigenvalue weighted by molar-refractivity contribution is 6.34. The maximum Gasteiger partial charge on any atom is 0.253 e. The van der Waals surface area contributed by atoms with E-state index < -0.39 is 35.1 Å². The molecular weight excluding hydrogens is 506 g/mol. The first-order valence-electron chi connectivity index (χ1n) is 13.5. The minimum absolute atomic E-state index is 0.130. The second-order valence-corrected chi connectivity index (χ2v) is 11.2. The van der Waals surface area contributed by atoms with Gasteiger partial charge in [0.15, 0.2) is 0 Å². The van der Waals surface area contributed by atoms with Crippen LogP contribution in [0.3, 0.4) is 0 Å². The average molecular weight is 542 g/mol. The van der Waals surface area contributed by atoms with Crippen molar-refractivity contribution in [3.8, 4) is 0 Å². The summed E-state index contributed by atoms with van der Waals surface area (Å²) >= 11 is 6.59. The Kier molecular flexibility index (Phi) is 6.95. The number of carbonyl (C=O) groups is 3. The largest absolute Gasteiger partial charge is 0.394 e. The number of amides is 3. The van der Waals surface area contributed by atoms with Crippen LogP contribution in [0.25, 0.3) is 0 Å². The molecule has 1 aromatic rings. The summed E-state index contributed by atoms with van der Waals surface area (Å²) in [5, 5.41) is 10.6. The lowest BCUT2D eigenvalue weighted by molar-refractivity contribution is -0.152. The third kappa shape index (κ3) is 3.67. The summed E-state index contributed by atoms with van der Waals surface area (Å²) < 4.78 is 6.94. The molecule has 0 aromatic heterocycles. The number of anilines is 1. The smallest absolute Gasteiger partial charge is 0.253 e. The molecule has 4 aliphatic heterocycles. The predicted molar refractivity (Wildman–Crippen MR) is 145 cm³/mol. The Morgan fingerprint density at radius 1 is 1.08 bits per heavy atom. The summed E-state index contributed by atoms with van der Waals surface area (Å²) in [4.78, 5) is 47.8. The van der Waals surface area contributed by atoms with Crippen LogP contribution in [-0.4, -0.2) is 82.2 Å². The quantitative estimate of drug-likeness (QED) is 0.559. The predicted octanol–water partition coefficient (Wildman–Crippen LogP) is 3.10. The minimum Gasteiger partial charge on any atom is -0.394 e. The van der Waals surface area contributed by atoms with Gasteiger partial charge in [0.1, 0.15) is 11.6 Å². The van der Waals surface area contributed by atoms with Gasteiger partial charge in [-0.2, -0.15) is 0 Å². The van der Waals surface area contributed by atoms with Crippen molar-refractivity contribution in [2.45, 2.75) is 63.8 Å². The van der Waals surface area contributed by atoms with Gasteiger partial charge in [-0.15, -0.1) is 0 Å². The van der Waals surface area contributed by atoms with Gasteiger partial charge in [0.25, 0.3) is 5.91 Å². The first-order valence-corrected chi connectivity index (χ1v) is 13.9. The van der Waals surface area contributed by atoms with Crippen LogP contribution in [0.4, 0.5) is 5.69 Å². The number of halogens is 1. The molecule has 1 N–H and O–H groups in total. The Balaban J connectivity index is 1.70. The first kappa shape index (κ1) is 26.9. The van der Waals surface area contributed by atoms with Crippen LogP contribution in [0.5, 0.6) is 0 Å². The van der Waals surface area contributed by atoms with Crippen molar-refractivity contribution in [1.29, 1.82) is 0 Å². The van der Waals surface area contributed by atoms with Crippen LogP contribution in [0.2, 0.25) is 5.02 Å². The van der Waals surface area contributed by atoms with Crippen molar-refractivity contribution in [2.75, 3.05) is 31.1 Å². The lowest BCUT2D eigenvalue weighted by atomic mass is 9.73. The van der Waals surface area contributed by atoms with Crippen LogP contribution < -0.4 is 4.90 Å². The first-order chi connectivity index (χ1) is 18.2. The van der Waals surface area contributed by atoms with E-state index in [1.165, 1.54) is 4.90 Å². The molecule has 3 amide bonds. The lowest BCUT2D eigenvalue weighted by Gasteiger charge is -2.40. The maximum absolute atomic E-state index is 14.5. The highest BCUT2D eigenvalue weighted by atomic mass is 35.5. The molecule has 0 radical (unpaired) electrons. The van der Waals surface area contributed by atoms with Crippen molar-refractivity contribution in [3.63, 3.8) is 0 Å². The van der Waals surface area contributed by atoms with E-state index in [0.29, 0.717) is 30.2 Å². The zero-order valence-corrected chi connectivity index (χ0v) is 23.1. The monoisotopic (exact) mass is 541 g/mol. The molecule has 2 fully saturated rings. The number of aliphatic hydroxyl groups excluding tert-OH is 1. The molecule has 6 atom stereocenters. The molecule has 4 heterocycles. The molecule has 9 heteroatoms. The molecule has 38 heavy (non-hydrogen) atoms. The Bertz CT molecular complexity index is 1200. The fourth-order valence-corrected chi connectivity index (χ4v) is 7.27. The van der Waals surface area contributed by atoms with Crippen LogP contribution in [-0.2, 0) is 19.1 Å². The third-order valence-electron chi connectivity index (χ3n) is 8.65. The van der Waals surface area contributed by atoms with Gasteiger partial charge in [0.2, 0.25) is 11.8 Å². The second kappa shape index (κ2) is 9.81. The number of ether oxygens (including phenoxy) is 1. The van der Waals surface area contributed by atoms with Gasteiger partial charge in [-0.05, 0) is 38.3 Å². The van der Waals surface area contributed by atoms with Crippen molar-refractivity contribution in [2.24, 2.45) is 11.8 Å². The minimum atomic E-state index is -1.36. The summed E-state index contributed by atoms with van der Waals surface area (Å²) in [6, 6.07) is 3.74. The molecule has 5 rings (SSSR count). The van der Waals surface area contributed by atoms with Gasteiger partial charge in [-0.3, -0.25) is 14.4 Å². The zero-order chi connectivity index (χ0) is 27.4. The number of fused-ring (bicyclic) bond motifs is 2. The molecule has 1 unspecified atom stereocenters. The van der Waals surface area contributed by atoms with Gasteiger partial charge in [0, 0.05) is 19.6 Å². The lowest BCUT2D eigenvalue weighted by Crippen LogP contribution is -2.58. The molecule has 1 spiro atoms. The number of nitrogens with zero attached hydrogens (tertiary/aromatic N) is 3. The van der Waals surface area contributed by atoms with E-state index in [-0.39, 0.29) is 30.9 Å². The zero-order valence-electron chi connectivity index (χ0n) is 22.4. The summed E-state index contributed by atoms with van der Waals surface area (Å²) in [6.07, 6.45) is 8.82. The molecular formula is C29H36ClN3O5. The van der Waals surface area contributed by atoms with Crippen molar-refractivity contribution in [1.82, 2.24) is 9.80 Å². The number of rotatable bonds is 6. The van der Waals surface area contributed by atoms with Crippen LogP contribution >= 0.6 is 11.6 Å². The van der Waals surface area contributed by atoms with Crippen molar-refractivity contribution in [3.05, 3.63) is 53.1 Å². The summed E-state index contributed by atoms with van der Waals surface area (Å²) in [7, 11) is 0. The number of aliphatic hydroxyl groups is 1. The standard InChI is InChI=1S/C29H36ClN3O5/c1-5-14-31-15-8-12-28(6-2)21(25(31)35)22-26(36)33(19(4)17-34)24-27(37)32(16-9-13-29(22,24)38-28)23-18(3)10-7-11-20(23)30/h7-13,19,21-22,24,34H,5-6,14-17H2,1-4H3/t19-,21+,22+,24?,28-,29+/m1/s1. The second-order valence-electron chi connectivity index (χ2n) is 10.8. The van der Waals surface area contributed by atoms with Crippen LogP contribution in [0.15, 0.2) is 42.5 Å². The van der Waals surface area contributed by atoms with E-state index in [0.717, 1.165) is 12.0 Å². The molecule has 8 nitrogen and oxygen atoms in total. The van der Waals surface area contributed by atoms with E-state index in [9.17, 15) is 19.5 Å². The van der Waals surface area contributed by atoms with Gasteiger partial charge in [-0.1, -0.05) is 61.9 Å². The van der Waals surface area contributed by atoms with E-state index >= 15 is 0 Å². The number of likely N-dealkylation sites (tertiary alicyclic amines) is 1. The Morgan fingerprint density at radius 3 is 2.47 bits per heavy atom. The van der Waals surface area contributed by atoms with E-state index in [4.69, 9.17) is 16.3 Å². The highest BCUT2D eigenvalue weighted by Crippen LogP contribution is 2.59. The fraction of sp³-hybridized carbons (Fsp3) is 0.552. The van der Waals surface area contributed by atoms with E-state index in [1.807, 2.05) is 57.2 Å². The number of hydrogen-bond donors (Lipinski definition) is 1. The normalized spacial score (nSPS) is 33.3. The van der Waals surface area contributed by atoms with Gasteiger partial charge >= 0.3 is 0 Å². The van der Waals surface area contributed by atoms with E-state index in [1.54, 1.807) is 22.8 Å². The van der Waals surface area contributed by atoms with Crippen molar-refractivity contribution < 1.29 is 24.2 Å². The summed E-state index contributed by atoms with van der Waals surface area (Å²) in [6.45, 7) is 8.50. The number of benzene rings is 1. The molecule has 0 saturated carbocycles. The number of para-hydroxylation sites is 1. The molecule has 204 valence electrons. The molecule has 0 bridgehead atoms. The molecule has 2 saturated heterocycles. The van der Waals surface area contributed by atoms with Crippen LogP contribution in [0.1, 0.15) is 39.2 Å². The SMILES string of the molecule is CCCN1CC=C[C@@]2(CC)O[C@]34C=CCN(c5c(C)cccc5Cl)C(=O)C3N([C@H](C)CO)C(=O)[C@@H]4[C@H]2C1=O. The molecule has 4 aliphatic rings. The highest BCUT2D eigenvalue weighted by Gasteiger charge is 2.75. The van der Waals surface area contributed by atoms with E-state index in [2.05, 4.69) is 0 Å². The fourth-order valence-electron chi connectivity index (χ4n) is 6.95. The Morgan fingerprint density at radius 2 is 1.82 bits per heavy atom. The Hall–Kier alpha value is -2.68. The third-order valence-corrected chi connectivity index (χ3v) is 8.96. The maximum atomic E-state index is 14.5. The van der Waals surface area contributed by atoms with Crippen LogP contribution in [0, 0.1) is 18.8 Å². The summed E-state index contributed by atoms with van der Waals surface area (Å²) in [5.74, 6) is -2.49.